The maximum absolute atomic E-state index is 12.1. The fourth-order valence-corrected chi connectivity index (χ4v) is 2.43. The minimum absolute atomic E-state index is 0.170. The van der Waals surface area contributed by atoms with Gasteiger partial charge in [0, 0.05) is 19.2 Å². The van der Waals surface area contributed by atoms with Gasteiger partial charge in [0.15, 0.2) is 0 Å². The molecule has 1 heterocycles. The Morgan fingerprint density at radius 3 is 2.60 bits per heavy atom. The highest BCUT2D eigenvalue weighted by atomic mass is 19.3. The Hall–Kier alpha value is -1.20. The third kappa shape index (κ3) is 4.15. The highest BCUT2D eigenvalue weighted by molar-refractivity contribution is 5.28. The van der Waals surface area contributed by atoms with Crippen molar-refractivity contribution in [2.45, 2.75) is 39.0 Å². The summed E-state index contributed by atoms with van der Waals surface area (Å²) in [7, 11) is 0. The molecule has 1 aromatic carbocycles. The van der Waals surface area contributed by atoms with Gasteiger partial charge < -0.3 is 14.8 Å². The Labute approximate surface area is 118 Å². The summed E-state index contributed by atoms with van der Waals surface area (Å²) < 4.78 is 34.0. The topological polar surface area (TPSA) is 30.5 Å². The molecule has 0 bridgehead atoms. The summed E-state index contributed by atoms with van der Waals surface area (Å²) in [5.41, 5.74) is 1.05. The number of rotatable bonds is 6. The van der Waals surface area contributed by atoms with Gasteiger partial charge in [0.2, 0.25) is 0 Å². The van der Waals surface area contributed by atoms with E-state index < -0.39 is 6.61 Å². The van der Waals surface area contributed by atoms with Crippen LogP contribution in [0.5, 0.6) is 5.75 Å². The highest BCUT2D eigenvalue weighted by Gasteiger charge is 2.24. The van der Waals surface area contributed by atoms with E-state index in [1.54, 1.807) is 12.1 Å². The van der Waals surface area contributed by atoms with Crippen LogP contribution in [-0.2, 0) is 4.74 Å². The van der Waals surface area contributed by atoms with Crippen LogP contribution in [0.15, 0.2) is 24.3 Å². The van der Waals surface area contributed by atoms with Crippen LogP contribution in [0, 0.1) is 5.92 Å². The van der Waals surface area contributed by atoms with Crippen molar-refractivity contribution in [3.05, 3.63) is 29.8 Å². The fraction of sp³-hybridized carbons (Fsp3) is 0.600. The van der Waals surface area contributed by atoms with Gasteiger partial charge in [-0.05, 0) is 43.9 Å². The van der Waals surface area contributed by atoms with Crippen LogP contribution >= 0.6 is 0 Å². The third-order valence-electron chi connectivity index (χ3n) is 3.82. The number of nitrogens with one attached hydrogen (secondary N) is 1. The van der Waals surface area contributed by atoms with Crippen LogP contribution < -0.4 is 10.1 Å². The molecule has 3 nitrogen and oxygen atoms in total. The molecule has 3 unspecified atom stereocenters. The van der Waals surface area contributed by atoms with E-state index in [1.165, 1.54) is 0 Å². The molecular formula is C15H21F2NO2. The maximum Gasteiger partial charge on any atom is 0.387 e. The van der Waals surface area contributed by atoms with E-state index >= 15 is 0 Å². The van der Waals surface area contributed by atoms with Gasteiger partial charge in [-0.1, -0.05) is 12.1 Å². The van der Waals surface area contributed by atoms with Crippen molar-refractivity contribution < 1.29 is 18.3 Å². The zero-order chi connectivity index (χ0) is 14.5. The maximum atomic E-state index is 12.1. The normalized spacial score (nSPS) is 24.1. The van der Waals surface area contributed by atoms with E-state index in [-0.39, 0.29) is 11.8 Å². The molecule has 1 N–H and O–H groups in total. The van der Waals surface area contributed by atoms with Gasteiger partial charge >= 0.3 is 6.61 Å². The van der Waals surface area contributed by atoms with Gasteiger partial charge in [0.05, 0.1) is 6.10 Å². The lowest BCUT2D eigenvalue weighted by Gasteiger charge is -2.19. The SMILES string of the molecule is CC(NCC1CCOC1C)c1ccc(OC(F)F)cc1. The van der Waals surface area contributed by atoms with Crippen molar-refractivity contribution >= 4 is 0 Å². The lowest BCUT2D eigenvalue weighted by atomic mass is 10.0. The highest BCUT2D eigenvalue weighted by Crippen LogP contribution is 2.22. The van der Waals surface area contributed by atoms with Crippen molar-refractivity contribution in [3.63, 3.8) is 0 Å². The molecule has 1 fully saturated rings. The molecule has 112 valence electrons. The Balaban J connectivity index is 1.84. The minimum Gasteiger partial charge on any atom is -0.435 e. The van der Waals surface area contributed by atoms with Crippen molar-refractivity contribution in [2.24, 2.45) is 5.92 Å². The fourth-order valence-electron chi connectivity index (χ4n) is 2.43. The summed E-state index contributed by atoms with van der Waals surface area (Å²) in [6.45, 7) is 3.11. The molecule has 5 heteroatoms. The number of hydrogen-bond acceptors (Lipinski definition) is 3. The van der Waals surface area contributed by atoms with Gasteiger partial charge in [0.1, 0.15) is 5.75 Å². The zero-order valence-corrected chi connectivity index (χ0v) is 11.8. The quantitative estimate of drug-likeness (QED) is 0.869. The summed E-state index contributed by atoms with van der Waals surface area (Å²) in [5, 5.41) is 3.46. The average molecular weight is 285 g/mol. The summed E-state index contributed by atoms with van der Waals surface area (Å²) >= 11 is 0. The van der Waals surface area contributed by atoms with Gasteiger partial charge in [0.25, 0.3) is 0 Å². The molecule has 0 saturated carbocycles. The standard InChI is InChI=1S/C15H21F2NO2/c1-10(18-9-13-7-8-19-11(13)2)12-3-5-14(6-4-12)20-15(16)17/h3-6,10-11,13,15,18H,7-9H2,1-2H3. The van der Waals surface area contributed by atoms with Crippen LogP contribution in [0.4, 0.5) is 8.78 Å². The van der Waals surface area contributed by atoms with Gasteiger partial charge in [-0.25, -0.2) is 0 Å². The summed E-state index contributed by atoms with van der Waals surface area (Å²) in [6.07, 6.45) is 1.39. The lowest BCUT2D eigenvalue weighted by molar-refractivity contribution is -0.0498. The largest absolute Gasteiger partial charge is 0.435 e. The molecule has 1 aromatic rings. The van der Waals surface area contributed by atoms with Crippen LogP contribution in [0.2, 0.25) is 0 Å². The second kappa shape index (κ2) is 6.99. The lowest BCUT2D eigenvalue weighted by Crippen LogP contribution is -2.29. The number of ether oxygens (including phenoxy) is 2. The molecule has 0 amide bonds. The number of benzene rings is 1. The second-order valence-electron chi connectivity index (χ2n) is 5.20. The molecule has 0 radical (unpaired) electrons. The Kier molecular flexibility index (Phi) is 5.31. The van der Waals surface area contributed by atoms with Crippen LogP contribution in [-0.4, -0.2) is 25.9 Å². The van der Waals surface area contributed by atoms with Gasteiger partial charge in [-0.2, -0.15) is 8.78 Å². The van der Waals surface area contributed by atoms with Crippen molar-refractivity contribution in [1.82, 2.24) is 5.32 Å². The summed E-state index contributed by atoms with van der Waals surface area (Å²) in [6, 6.07) is 6.93. The molecule has 0 aromatic heterocycles. The van der Waals surface area contributed by atoms with Crippen LogP contribution in [0.25, 0.3) is 0 Å². The second-order valence-corrected chi connectivity index (χ2v) is 5.20. The van der Waals surface area contributed by atoms with Crippen molar-refractivity contribution in [1.29, 1.82) is 0 Å². The van der Waals surface area contributed by atoms with E-state index in [9.17, 15) is 8.78 Å². The molecule has 1 aliphatic heterocycles. The van der Waals surface area contributed by atoms with Crippen LogP contribution in [0.3, 0.4) is 0 Å². The van der Waals surface area contributed by atoms with E-state index in [2.05, 4.69) is 23.9 Å². The molecule has 1 saturated heterocycles. The van der Waals surface area contributed by atoms with Crippen molar-refractivity contribution in [3.8, 4) is 5.75 Å². The smallest absolute Gasteiger partial charge is 0.387 e. The molecule has 0 spiro atoms. The number of halogens is 2. The van der Waals surface area contributed by atoms with E-state index in [0.717, 1.165) is 25.1 Å². The van der Waals surface area contributed by atoms with Crippen molar-refractivity contribution in [2.75, 3.05) is 13.2 Å². The molecule has 2 rings (SSSR count). The first kappa shape index (κ1) is 15.2. The molecule has 0 aliphatic carbocycles. The molecule has 20 heavy (non-hydrogen) atoms. The molecular weight excluding hydrogens is 264 g/mol. The Bertz CT molecular complexity index is 411. The first-order chi connectivity index (χ1) is 9.56. The monoisotopic (exact) mass is 285 g/mol. The number of alkyl halides is 2. The zero-order valence-electron chi connectivity index (χ0n) is 11.8. The summed E-state index contributed by atoms with van der Waals surface area (Å²) in [4.78, 5) is 0. The first-order valence-electron chi connectivity index (χ1n) is 6.96. The average Bonchev–Trinajstić information content (AvgIpc) is 2.82. The molecule has 3 atom stereocenters. The Morgan fingerprint density at radius 1 is 1.35 bits per heavy atom. The number of hydrogen-bond donors (Lipinski definition) is 1. The molecule has 1 aliphatic rings. The minimum atomic E-state index is -2.78. The summed E-state index contributed by atoms with van der Waals surface area (Å²) in [5.74, 6) is 0.729. The third-order valence-corrected chi connectivity index (χ3v) is 3.82. The first-order valence-corrected chi connectivity index (χ1v) is 6.96. The van der Waals surface area contributed by atoms with E-state index in [0.29, 0.717) is 12.0 Å². The van der Waals surface area contributed by atoms with Gasteiger partial charge in [-0.3, -0.25) is 0 Å². The van der Waals surface area contributed by atoms with Gasteiger partial charge in [-0.15, -0.1) is 0 Å². The Morgan fingerprint density at radius 2 is 2.05 bits per heavy atom. The van der Waals surface area contributed by atoms with E-state index in [4.69, 9.17) is 4.74 Å². The van der Waals surface area contributed by atoms with E-state index in [1.807, 2.05) is 12.1 Å². The van der Waals surface area contributed by atoms with Crippen LogP contribution in [0.1, 0.15) is 31.9 Å². The predicted octanol–water partition coefficient (Wildman–Crippen LogP) is 3.36. The predicted molar refractivity (Wildman–Crippen MR) is 73.0 cm³/mol.